The Morgan fingerprint density at radius 1 is 1.09 bits per heavy atom. The first kappa shape index (κ1) is 15.9. The number of nitrogens with one attached hydrogen (secondary N) is 2. The van der Waals surface area contributed by atoms with Gasteiger partial charge in [-0.2, -0.15) is 0 Å². The molecule has 22 heavy (non-hydrogen) atoms. The molecule has 0 aromatic heterocycles. The van der Waals surface area contributed by atoms with E-state index in [1.54, 1.807) is 25.1 Å². The lowest BCUT2D eigenvalue weighted by Crippen LogP contribution is -2.32. The summed E-state index contributed by atoms with van der Waals surface area (Å²) >= 11 is 0. The van der Waals surface area contributed by atoms with Crippen molar-refractivity contribution in [3.8, 4) is 0 Å². The van der Waals surface area contributed by atoms with E-state index in [2.05, 4.69) is 10.6 Å². The summed E-state index contributed by atoms with van der Waals surface area (Å²) in [5, 5.41) is 5.79. The number of anilines is 1. The Hall–Kier alpha value is -2.43. The third-order valence-corrected chi connectivity index (χ3v) is 3.38. The maximum atomic E-state index is 13.0. The molecule has 1 amide bonds. The highest BCUT2D eigenvalue weighted by Crippen LogP contribution is 2.16. The summed E-state index contributed by atoms with van der Waals surface area (Å²) in [6.07, 6.45) is 0. The smallest absolute Gasteiger partial charge is 0.239 e. The number of hydrogen-bond donors (Lipinski definition) is 2. The summed E-state index contributed by atoms with van der Waals surface area (Å²) in [6, 6.07) is 10.1. The summed E-state index contributed by atoms with van der Waals surface area (Å²) in [5.41, 5.74) is 2.28. The molecule has 0 unspecified atom stereocenters. The van der Waals surface area contributed by atoms with E-state index >= 15 is 0 Å². The molecular weight excluding hydrogens is 286 g/mol. The molecule has 2 rings (SSSR count). The van der Waals surface area contributed by atoms with Gasteiger partial charge in [-0.3, -0.25) is 4.79 Å². The second-order valence-electron chi connectivity index (χ2n) is 5.15. The normalized spacial score (nSPS) is 11.8. The Kier molecular flexibility index (Phi) is 5.09. The molecule has 0 aliphatic carbocycles. The highest BCUT2D eigenvalue weighted by Gasteiger charge is 2.10. The molecule has 0 fully saturated rings. The minimum atomic E-state index is -0.310. The lowest BCUT2D eigenvalue weighted by atomic mass is 10.1. The van der Waals surface area contributed by atoms with Crippen LogP contribution in [-0.2, 0) is 4.79 Å². The van der Waals surface area contributed by atoms with Crippen molar-refractivity contribution in [2.45, 2.75) is 19.9 Å². The SMILES string of the molecule is Cc1cc(F)ccc1NCC(=O)N[C@@H](C)c1ccc(F)cc1. The molecule has 0 aliphatic rings. The van der Waals surface area contributed by atoms with Gasteiger partial charge in [0.15, 0.2) is 0 Å². The van der Waals surface area contributed by atoms with E-state index < -0.39 is 0 Å². The highest BCUT2D eigenvalue weighted by molar-refractivity contribution is 5.81. The molecule has 3 nitrogen and oxygen atoms in total. The van der Waals surface area contributed by atoms with Crippen molar-refractivity contribution in [3.05, 3.63) is 65.2 Å². The van der Waals surface area contributed by atoms with Gasteiger partial charge < -0.3 is 10.6 Å². The summed E-state index contributed by atoms with van der Waals surface area (Å²) in [7, 11) is 0. The van der Waals surface area contributed by atoms with Crippen molar-refractivity contribution in [3.63, 3.8) is 0 Å². The average molecular weight is 304 g/mol. The van der Waals surface area contributed by atoms with E-state index in [4.69, 9.17) is 0 Å². The molecular formula is C17H18F2N2O. The van der Waals surface area contributed by atoms with Gasteiger partial charge in [0.1, 0.15) is 11.6 Å². The first-order valence-electron chi connectivity index (χ1n) is 7.00. The molecule has 1 atom stereocenters. The van der Waals surface area contributed by atoms with E-state index in [0.717, 1.165) is 11.1 Å². The predicted molar refractivity (Wildman–Crippen MR) is 82.6 cm³/mol. The van der Waals surface area contributed by atoms with Crippen LogP contribution in [0.25, 0.3) is 0 Å². The van der Waals surface area contributed by atoms with Crippen molar-refractivity contribution >= 4 is 11.6 Å². The largest absolute Gasteiger partial charge is 0.376 e. The number of rotatable bonds is 5. The lowest BCUT2D eigenvalue weighted by molar-refractivity contribution is -0.120. The third-order valence-electron chi connectivity index (χ3n) is 3.38. The fraction of sp³-hybridized carbons (Fsp3) is 0.235. The van der Waals surface area contributed by atoms with Gasteiger partial charge >= 0.3 is 0 Å². The number of aryl methyl sites for hydroxylation is 1. The number of benzene rings is 2. The number of carbonyl (C=O) groups is 1. The number of amides is 1. The van der Waals surface area contributed by atoms with Crippen LogP contribution in [0, 0.1) is 18.6 Å². The molecule has 0 saturated heterocycles. The van der Waals surface area contributed by atoms with Crippen molar-refractivity contribution in [1.82, 2.24) is 5.32 Å². The zero-order valence-corrected chi connectivity index (χ0v) is 12.5. The van der Waals surface area contributed by atoms with Crippen molar-refractivity contribution in [2.75, 3.05) is 11.9 Å². The van der Waals surface area contributed by atoms with Gasteiger partial charge in [-0.1, -0.05) is 12.1 Å². The van der Waals surface area contributed by atoms with E-state index in [-0.39, 0.29) is 30.1 Å². The molecule has 116 valence electrons. The maximum absolute atomic E-state index is 13.0. The van der Waals surface area contributed by atoms with Crippen molar-refractivity contribution < 1.29 is 13.6 Å². The highest BCUT2D eigenvalue weighted by atomic mass is 19.1. The van der Waals surface area contributed by atoms with Crippen LogP contribution in [0.4, 0.5) is 14.5 Å². The van der Waals surface area contributed by atoms with Crippen LogP contribution in [-0.4, -0.2) is 12.5 Å². The summed E-state index contributed by atoms with van der Waals surface area (Å²) < 4.78 is 25.9. The first-order chi connectivity index (χ1) is 10.5. The van der Waals surface area contributed by atoms with E-state index in [1.807, 2.05) is 6.92 Å². The van der Waals surface area contributed by atoms with Gasteiger partial charge in [0.05, 0.1) is 12.6 Å². The molecule has 0 heterocycles. The Labute approximate surface area is 128 Å². The van der Waals surface area contributed by atoms with Crippen LogP contribution < -0.4 is 10.6 Å². The Morgan fingerprint density at radius 3 is 2.36 bits per heavy atom. The van der Waals surface area contributed by atoms with E-state index in [9.17, 15) is 13.6 Å². The van der Waals surface area contributed by atoms with Gasteiger partial charge in [0.2, 0.25) is 5.91 Å². The van der Waals surface area contributed by atoms with Crippen LogP contribution in [0.1, 0.15) is 24.1 Å². The van der Waals surface area contributed by atoms with Gasteiger partial charge in [0, 0.05) is 5.69 Å². The van der Waals surface area contributed by atoms with Crippen LogP contribution in [0.5, 0.6) is 0 Å². The molecule has 0 saturated carbocycles. The predicted octanol–water partition coefficient (Wildman–Crippen LogP) is 3.56. The molecule has 0 bridgehead atoms. The Bertz CT molecular complexity index is 656. The van der Waals surface area contributed by atoms with Crippen LogP contribution in [0.2, 0.25) is 0 Å². The van der Waals surface area contributed by atoms with Gasteiger partial charge in [-0.25, -0.2) is 8.78 Å². The second kappa shape index (κ2) is 7.02. The van der Waals surface area contributed by atoms with Crippen LogP contribution >= 0.6 is 0 Å². The monoisotopic (exact) mass is 304 g/mol. The molecule has 0 spiro atoms. The van der Waals surface area contributed by atoms with Crippen molar-refractivity contribution in [1.29, 1.82) is 0 Å². The zero-order chi connectivity index (χ0) is 16.1. The molecule has 2 aromatic carbocycles. The quantitative estimate of drug-likeness (QED) is 0.887. The van der Waals surface area contributed by atoms with Crippen molar-refractivity contribution in [2.24, 2.45) is 0 Å². The summed E-state index contributed by atoms with van der Waals surface area (Å²) in [6.45, 7) is 3.68. The summed E-state index contributed by atoms with van der Waals surface area (Å²) in [5.74, 6) is -0.811. The second-order valence-corrected chi connectivity index (χ2v) is 5.15. The molecule has 5 heteroatoms. The van der Waals surface area contributed by atoms with E-state index in [1.165, 1.54) is 24.3 Å². The van der Waals surface area contributed by atoms with Gasteiger partial charge in [-0.15, -0.1) is 0 Å². The van der Waals surface area contributed by atoms with Crippen LogP contribution in [0.3, 0.4) is 0 Å². The van der Waals surface area contributed by atoms with Gasteiger partial charge in [0.25, 0.3) is 0 Å². The maximum Gasteiger partial charge on any atom is 0.239 e. The first-order valence-corrected chi connectivity index (χ1v) is 7.00. The molecule has 0 radical (unpaired) electrons. The lowest BCUT2D eigenvalue weighted by Gasteiger charge is -2.15. The Morgan fingerprint density at radius 2 is 1.73 bits per heavy atom. The number of halogens is 2. The van der Waals surface area contributed by atoms with Crippen LogP contribution in [0.15, 0.2) is 42.5 Å². The fourth-order valence-electron chi connectivity index (χ4n) is 2.13. The minimum absolute atomic E-state index is 0.0814. The molecule has 0 aliphatic heterocycles. The van der Waals surface area contributed by atoms with E-state index in [0.29, 0.717) is 5.69 Å². The third kappa shape index (κ3) is 4.28. The number of hydrogen-bond acceptors (Lipinski definition) is 2. The Balaban J connectivity index is 1.88. The average Bonchev–Trinajstić information content (AvgIpc) is 2.47. The fourth-order valence-corrected chi connectivity index (χ4v) is 2.13. The topological polar surface area (TPSA) is 41.1 Å². The zero-order valence-electron chi connectivity index (χ0n) is 12.5. The van der Waals surface area contributed by atoms with Gasteiger partial charge in [-0.05, 0) is 55.3 Å². The standard InChI is InChI=1S/C17H18F2N2O/c1-11-9-15(19)7-8-16(11)20-10-17(22)21-12(2)13-3-5-14(18)6-4-13/h3-9,12,20H,10H2,1-2H3,(H,21,22)/t12-/m0/s1. The number of carbonyl (C=O) groups excluding carboxylic acids is 1. The molecule has 2 aromatic rings. The minimum Gasteiger partial charge on any atom is -0.376 e. The molecule has 2 N–H and O–H groups in total. The summed E-state index contributed by atoms with van der Waals surface area (Å²) in [4.78, 5) is 11.9.